The van der Waals surface area contributed by atoms with E-state index < -0.39 is 0 Å². The maximum atomic E-state index is 5.55. The van der Waals surface area contributed by atoms with Crippen molar-refractivity contribution in [1.82, 2.24) is 10.3 Å². The Hall–Kier alpha value is -2.77. The zero-order valence-electron chi connectivity index (χ0n) is 12.1. The van der Waals surface area contributed by atoms with E-state index in [9.17, 15) is 0 Å². The lowest BCUT2D eigenvalue weighted by Gasteiger charge is -2.10. The molecule has 0 unspecified atom stereocenters. The second-order valence-corrected chi connectivity index (χ2v) is 4.09. The molecule has 1 heterocycles. The van der Waals surface area contributed by atoms with Gasteiger partial charge < -0.3 is 15.2 Å². The van der Waals surface area contributed by atoms with Gasteiger partial charge in [-0.2, -0.15) is 5.10 Å². The van der Waals surface area contributed by atoms with E-state index in [2.05, 4.69) is 25.5 Å². The summed E-state index contributed by atoms with van der Waals surface area (Å²) in [6.07, 6.45) is 0.702. The number of hydrazone groups is 1. The van der Waals surface area contributed by atoms with Crippen LogP contribution in [0.4, 0.5) is 11.6 Å². The summed E-state index contributed by atoms with van der Waals surface area (Å²) < 4.78 is 15.0. The van der Waals surface area contributed by atoms with E-state index in [1.54, 1.807) is 14.2 Å². The van der Waals surface area contributed by atoms with Crippen molar-refractivity contribution in [3.63, 3.8) is 0 Å². The molecule has 2 rings (SSSR count). The van der Waals surface area contributed by atoms with Crippen molar-refractivity contribution in [2.45, 2.75) is 13.3 Å². The molecule has 21 heavy (non-hydrogen) atoms. The summed E-state index contributed by atoms with van der Waals surface area (Å²) in [5.41, 5.74) is 9.99. The van der Waals surface area contributed by atoms with Crippen molar-refractivity contribution >= 4 is 17.3 Å². The van der Waals surface area contributed by atoms with Crippen LogP contribution in [-0.2, 0) is 0 Å². The fourth-order valence-corrected chi connectivity index (χ4v) is 1.76. The third kappa shape index (κ3) is 3.22. The van der Waals surface area contributed by atoms with Crippen molar-refractivity contribution in [1.29, 1.82) is 0 Å². The van der Waals surface area contributed by atoms with E-state index in [4.69, 9.17) is 15.2 Å². The number of nitrogens with zero attached hydrogens (tertiary/aromatic N) is 3. The molecule has 0 amide bonds. The van der Waals surface area contributed by atoms with Gasteiger partial charge in [0.15, 0.2) is 11.5 Å². The van der Waals surface area contributed by atoms with Gasteiger partial charge in [0.2, 0.25) is 11.6 Å². The Kier molecular flexibility index (Phi) is 4.60. The Morgan fingerprint density at radius 2 is 2.05 bits per heavy atom. The van der Waals surface area contributed by atoms with Crippen LogP contribution in [-0.4, -0.2) is 30.2 Å². The number of ether oxygens (including phenoxy) is 2. The molecule has 8 heteroatoms. The van der Waals surface area contributed by atoms with Gasteiger partial charge >= 0.3 is 0 Å². The molecule has 2 aromatic rings. The van der Waals surface area contributed by atoms with Gasteiger partial charge in [-0.05, 0) is 34.9 Å². The maximum absolute atomic E-state index is 5.55. The molecule has 0 fully saturated rings. The van der Waals surface area contributed by atoms with Gasteiger partial charge in [0, 0.05) is 5.56 Å². The van der Waals surface area contributed by atoms with Crippen LogP contribution in [0.25, 0.3) is 0 Å². The minimum Gasteiger partial charge on any atom is -0.493 e. The summed E-state index contributed by atoms with van der Waals surface area (Å²) in [7, 11) is 3.18. The standard InChI is InChI=1S/C13H17N5O3/c1-4-9(15-16-13-12(14)17-21-18-13)8-5-6-10(19-2)11(7-8)20-3/h5-7H,4H2,1-3H3,(H2,14,17)(H,16,18). The number of hydrogen-bond acceptors (Lipinski definition) is 8. The summed E-state index contributed by atoms with van der Waals surface area (Å²) in [4.78, 5) is 0. The van der Waals surface area contributed by atoms with Crippen molar-refractivity contribution in [2.24, 2.45) is 5.10 Å². The van der Waals surface area contributed by atoms with Gasteiger partial charge in [-0.3, -0.25) is 5.43 Å². The van der Waals surface area contributed by atoms with Gasteiger partial charge in [-0.1, -0.05) is 6.92 Å². The van der Waals surface area contributed by atoms with Crippen LogP contribution in [0.1, 0.15) is 18.9 Å². The molecule has 0 saturated carbocycles. The van der Waals surface area contributed by atoms with Crippen LogP contribution in [0, 0.1) is 0 Å². The van der Waals surface area contributed by atoms with Crippen LogP contribution in [0.15, 0.2) is 27.9 Å². The summed E-state index contributed by atoms with van der Waals surface area (Å²) in [5, 5.41) is 11.3. The molecular formula is C13H17N5O3. The third-order valence-electron chi connectivity index (χ3n) is 2.86. The highest BCUT2D eigenvalue weighted by Gasteiger charge is 2.09. The molecule has 0 spiro atoms. The molecule has 0 aliphatic rings. The number of aromatic nitrogens is 2. The number of methoxy groups -OCH3 is 2. The zero-order valence-corrected chi connectivity index (χ0v) is 12.1. The first-order chi connectivity index (χ1) is 10.2. The summed E-state index contributed by atoms with van der Waals surface area (Å²) >= 11 is 0. The van der Waals surface area contributed by atoms with Crippen molar-refractivity contribution in [2.75, 3.05) is 25.4 Å². The van der Waals surface area contributed by atoms with Gasteiger partial charge in [0.05, 0.1) is 19.9 Å². The van der Waals surface area contributed by atoms with E-state index in [0.717, 1.165) is 11.3 Å². The second kappa shape index (κ2) is 6.60. The molecule has 0 saturated heterocycles. The second-order valence-electron chi connectivity index (χ2n) is 4.09. The molecule has 0 bridgehead atoms. The Bertz CT molecular complexity index is 638. The summed E-state index contributed by atoms with van der Waals surface area (Å²) in [5.74, 6) is 1.73. The van der Waals surface area contributed by atoms with Crippen molar-refractivity contribution < 1.29 is 14.1 Å². The smallest absolute Gasteiger partial charge is 0.235 e. The SMILES string of the molecule is CCC(=NNc1nonc1N)c1ccc(OC)c(OC)c1. The number of nitrogens with one attached hydrogen (secondary N) is 1. The minimum absolute atomic E-state index is 0.154. The molecule has 1 aromatic carbocycles. The average Bonchev–Trinajstić information content (AvgIpc) is 2.93. The van der Waals surface area contributed by atoms with E-state index >= 15 is 0 Å². The fourth-order valence-electron chi connectivity index (χ4n) is 1.76. The Morgan fingerprint density at radius 1 is 1.29 bits per heavy atom. The summed E-state index contributed by atoms with van der Waals surface area (Å²) in [6.45, 7) is 1.99. The quantitative estimate of drug-likeness (QED) is 0.618. The highest BCUT2D eigenvalue weighted by atomic mass is 16.6. The van der Waals surface area contributed by atoms with Crippen LogP contribution < -0.4 is 20.6 Å². The monoisotopic (exact) mass is 291 g/mol. The molecule has 3 N–H and O–H groups in total. The first-order valence-electron chi connectivity index (χ1n) is 6.32. The number of nitrogens with two attached hydrogens (primary N) is 1. The normalized spacial score (nSPS) is 11.3. The Balaban J connectivity index is 2.26. The molecule has 8 nitrogen and oxygen atoms in total. The Labute approximate surface area is 121 Å². The number of hydrogen-bond donors (Lipinski definition) is 2. The van der Waals surface area contributed by atoms with Crippen LogP contribution in [0.3, 0.4) is 0 Å². The largest absolute Gasteiger partial charge is 0.493 e. The fraction of sp³-hybridized carbons (Fsp3) is 0.308. The van der Waals surface area contributed by atoms with Gasteiger partial charge in [0.1, 0.15) is 0 Å². The van der Waals surface area contributed by atoms with Gasteiger partial charge in [-0.25, -0.2) is 4.63 Å². The number of nitrogen functional groups attached to an aromatic ring is 1. The third-order valence-corrected chi connectivity index (χ3v) is 2.86. The lowest BCUT2D eigenvalue weighted by atomic mass is 10.1. The molecule has 1 aromatic heterocycles. The van der Waals surface area contributed by atoms with E-state index in [1.165, 1.54) is 0 Å². The highest BCUT2D eigenvalue weighted by Crippen LogP contribution is 2.28. The molecule has 0 aliphatic heterocycles. The lowest BCUT2D eigenvalue weighted by molar-refractivity contribution is 0.310. The topological polar surface area (TPSA) is 108 Å². The number of anilines is 2. The van der Waals surface area contributed by atoms with Gasteiger partial charge in [0.25, 0.3) is 0 Å². The highest BCUT2D eigenvalue weighted by molar-refractivity contribution is 6.01. The molecule has 0 atom stereocenters. The van der Waals surface area contributed by atoms with Crippen molar-refractivity contribution in [3.8, 4) is 11.5 Å². The van der Waals surface area contributed by atoms with Crippen LogP contribution in [0.5, 0.6) is 11.5 Å². The molecule has 0 radical (unpaired) electrons. The van der Waals surface area contributed by atoms with E-state index in [-0.39, 0.29) is 11.6 Å². The number of benzene rings is 1. The Morgan fingerprint density at radius 3 is 2.62 bits per heavy atom. The van der Waals surface area contributed by atoms with E-state index in [0.29, 0.717) is 17.9 Å². The zero-order chi connectivity index (χ0) is 15.2. The molecular weight excluding hydrogens is 274 g/mol. The van der Waals surface area contributed by atoms with Gasteiger partial charge in [-0.15, -0.1) is 0 Å². The van der Waals surface area contributed by atoms with E-state index in [1.807, 2.05) is 25.1 Å². The predicted octanol–water partition coefficient (Wildman–Crippen LogP) is 1.90. The molecule has 112 valence electrons. The first-order valence-corrected chi connectivity index (χ1v) is 6.32. The van der Waals surface area contributed by atoms with Crippen LogP contribution in [0.2, 0.25) is 0 Å². The van der Waals surface area contributed by atoms with Crippen molar-refractivity contribution in [3.05, 3.63) is 23.8 Å². The average molecular weight is 291 g/mol. The van der Waals surface area contributed by atoms with Crippen LogP contribution >= 0.6 is 0 Å². The molecule has 0 aliphatic carbocycles. The maximum Gasteiger partial charge on any atom is 0.235 e. The lowest BCUT2D eigenvalue weighted by Crippen LogP contribution is -2.05. The predicted molar refractivity (Wildman–Crippen MR) is 78.7 cm³/mol. The summed E-state index contributed by atoms with van der Waals surface area (Å²) in [6, 6.07) is 5.58. The number of rotatable bonds is 6. The first kappa shape index (κ1) is 14.6. The minimum atomic E-state index is 0.154.